The van der Waals surface area contributed by atoms with E-state index < -0.39 is 11.4 Å². The third-order valence-electron chi connectivity index (χ3n) is 6.41. The van der Waals surface area contributed by atoms with Gasteiger partial charge in [0.1, 0.15) is 18.5 Å². The van der Waals surface area contributed by atoms with Crippen LogP contribution in [0, 0.1) is 5.82 Å². The zero-order valence-corrected chi connectivity index (χ0v) is 20.2. The molecule has 3 aromatic carbocycles. The molecule has 0 saturated heterocycles. The van der Waals surface area contributed by atoms with E-state index in [9.17, 15) is 4.79 Å². The summed E-state index contributed by atoms with van der Waals surface area (Å²) in [6, 6.07) is 20.4. The highest BCUT2D eigenvalue weighted by atomic mass is 19.1. The molecule has 0 bridgehead atoms. The van der Waals surface area contributed by atoms with E-state index in [-0.39, 0.29) is 11.2 Å². The van der Waals surface area contributed by atoms with Crippen LogP contribution >= 0.6 is 0 Å². The molecule has 5 rings (SSSR count). The highest BCUT2D eigenvalue weighted by Gasteiger charge is 2.16. The Balaban J connectivity index is 1.58. The number of nitrogens with two attached hydrogens (primary N) is 1. The molecule has 0 saturated carbocycles. The van der Waals surface area contributed by atoms with Gasteiger partial charge in [-0.3, -0.25) is 13.9 Å². The Kier molecular flexibility index (Phi) is 6.45. The second-order valence-corrected chi connectivity index (χ2v) is 8.73. The van der Waals surface area contributed by atoms with E-state index in [0.717, 1.165) is 41.0 Å². The van der Waals surface area contributed by atoms with E-state index in [4.69, 9.17) is 5.73 Å². The van der Waals surface area contributed by atoms with Crippen LogP contribution in [0.5, 0.6) is 0 Å². The Hall–Kier alpha value is -4.14. The fourth-order valence-electron chi connectivity index (χ4n) is 4.32. The molecule has 0 unspecified atom stereocenters. The molecule has 2 aromatic heterocycles. The van der Waals surface area contributed by atoms with E-state index >= 15 is 4.39 Å². The lowest BCUT2D eigenvalue weighted by Gasteiger charge is -2.17. The normalized spacial score (nSPS) is 11.5. The summed E-state index contributed by atoms with van der Waals surface area (Å²) < 4.78 is 18.4. The molecule has 0 aliphatic heterocycles. The summed E-state index contributed by atoms with van der Waals surface area (Å²) in [6.07, 6.45) is 2.86. The summed E-state index contributed by atoms with van der Waals surface area (Å²) in [6.45, 7) is 4.14. The van der Waals surface area contributed by atoms with Crippen LogP contribution in [0.1, 0.15) is 18.1 Å². The average molecular weight is 483 g/mol. The topological polar surface area (TPSA) is 82.0 Å². The molecule has 0 amide bonds. The predicted octanol–water partition coefficient (Wildman–Crippen LogP) is 4.29. The first kappa shape index (κ1) is 23.6. The molecule has 0 aliphatic rings. The molecule has 5 aromatic rings. The van der Waals surface area contributed by atoms with Crippen LogP contribution in [0.2, 0.25) is 0 Å². The van der Waals surface area contributed by atoms with Gasteiger partial charge in [0.2, 0.25) is 0 Å². The van der Waals surface area contributed by atoms with Crippen LogP contribution in [0.3, 0.4) is 0 Å². The van der Waals surface area contributed by atoms with Crippen molar-refractivity contribution in [2.24, 2.45) is 5.73 Å². The zero-order valence-electron chi connectivity index (χ0n) is 20.2. The first-order chi connectivity index (χ1) is 17.5. The van der Waals surface area contributed by atoms with E-state index in [1.807, 2.05) is 55.6 Å². The van der Waals surface area contributed by atoms with Gasteiger partial charge >= 0.3 is 0 Å². The van der Waals surface area contributed by atoms with Crippen molar-refractivity contribution in [3.8, 4) is 22.5 Å². The van der Waals surface area contributed by atoms with Crippen LogP contribution in [-0.4, -0.2) is 37.6 Å². The van der Waals surface area contributed by atoms with Crippen molar-refractivity contribution >= 4 is 11.2 Å². The molecule has 0 fully saturated rings. The number of aromatic nitrogens is 4. The van der Waals surface area contributed by atoms with Crippen molar-refractivity contribution in [1.82, 2.24) is 24.0 Å². The number of rotatable bonds is 7. The van der Waals surface area contributed by atoms with Crippen molar-refractivity contribution in [2.45, 2.75) is 20.0 Å². The van der Waals surface area contributed by atoms with Gasteiger partial charge in [-0.15, -0.1) is 0 Å². The Labute approximate surface area is 208 Å². The lowest BCUT2D eigenvalue weighted by Crippen LogP contribution is -2.21. The van der Waals surface area contributed by atoms with Gasteiger partial charge in [-0.1, -0.05) is 49.4 Å². The maximum atomic E-state index is 15.5. The zero-order chi connectivity index (χ0) is 25.2. The van der Waals surface area contributed by atoms with Gasteiger partial charge in [-0.2, -0.15) is 0 Å². The van der Waals surface area contributed by atoms with Crippen molar-refractivity contribution in [3.05, 3.63) is 107 Å². The number of halogens is 1. The lowest BCUT2D eigenvalue weighted by molar-refractivity contribution is 0.346. The molecule has 8 heteroatoms. The molecular weight excluding hydrogens is 455 g/mol. The fraction of sp³-hybridized carbons (Fsp3) is 0.179. The van der Waals surface area contributed by atoms with E-state index in [2.05, 4.69) is 27.9 Å². The Morgan fingerprint density at radius 2 is 1.75 bits per heavy atom. The largest absolute Gasteiger partial charge is 0.326 e. The van der Waals surface area contributed by atoms with Gasteiger partial charge < -0.3 is 10.6 Å². The molecule has 2 heterocycles. The number of benzene rings is 3. The molecule has 0 aliphatic carbocycles. The van der Waals surface area contributed by atoms with Gasteiger partial charge in [-0.05, 0) is 60.1 Å². The van der Waals surface area contributed by atoms with Crippen LogP contribution in [-0.2, 0) is 13.1 Å². The maximum Gasteiger partial charge on any atom is 0.284 e. The van der Waals surface area contributed by atoms with E-state index in [1.165, 1.54) is 17.0 Å². The number of hydrogen-bond acceptors (Lipinski definition) is 5. The Morgan fingerprint density at radius 1 is 0.972 bits per heavy atom. The number of imidazole rings is 1. The van der Waals surface area contributed by atoms with Crippen molar-refractivity contribution in [1.29, 1.82) is 0 Å². The monoisotopic (exact) mass is 482 g/mol. The number of nitrogens with zero attached hydrogens (tertiary/aromatic N) is 5. The summed E-state index contributed by atoms with van der Waals surface area (Å²) in [5.74, 6) is -0.509. The fourth-order valence-corrected chi connectivity index (χ4v) is 4.32. The molecule has 0 radical (unpaired) electrons. The molecule has 0 atom stereocenters. The standard InChI is InChI=1S/C28H27FN6O/c1-3-33(2)16-21-8-4-5-10-23(21)20-11-12-25(24(29)14-20)35-18-32-27-26(28(35)36)34(17-31-27)22-9-6-7-19(13-22)15-30/h4-14,17-18H,3,15-16,30H2,1-2H3. The highest BCUT2D eigenvalue weighted by molar-refractivity contribution is 5.73. The number of hydrogen-bond donors (Lipinski definition) is 1. The second kappa shape index (κ2) is 9.85. The molecular formula is C28H27FN6O. The lowest BCUT2D eigenvalue weighted by atomic mass is 9.99. The van der Waals surface area contributed by atoms with Gasteiger partial charge in [-0.25, -0.2) is 14.4 Å². The van der Waals surface area contributed by atoms with Crippen LogP contribution in [0.15, 0.2) is 84.2 Å². The van der Waals surface area contributed by atoms with Gasteiger partial charge in [0.25, 0.3) is 5.56 Å². The van der Waals surface area contributed by atoms with Crippen molar-refractivity contribution in [3.63, 3.8) is 0 Å². The average Bonchev–Trinajstić information content (AvgIpc) is 3.35. The summed E-state index contributed by atoms with van der Waals surface area (Å²) in [7, 11) is 2.05. The molecule has 182 valence electrons. The van der Waals surface area contributed by atoms with Crippen LogP contribution < -0.4 is 11.3 Å². The SMILES string of the molecule is CCN(C)Cc1ccccc1-c1ccc(-n2cnc3ncn(-c4cccc(CN)c4)c3c2=O)c(F)c1. The van der Waals surface area contributed by atoms with E-state index in [1.54, 1.807) is 17.0 Å². The quantitative estimate of drug-likeness (QED) is 0.374. The Morgan fingerprint density at radius 3 is 2.50 bits per heavy atom. The minimum Gasteiger partial charge on any atom is -0.326 e. The number of fused-ring (bicyclic) bond motifs is 1. The molecule has 36 heavy (non-hydrogen) atoms. The van der Waals surface area contributed by atoms with Crippen LogP contribution in [0.4, 0.5) is 4.39 Å². The van der Waals surface area contributed by atoms with Crippen molar-refractivity contribution < 1.29 is 4.39 Å². The second-order valence-electron chi connectivity index (χ2n) is 8.73. The minimum atomic E-state index is -0.509. The van der Waals surface area contributed by atoms with E-state index in [0.29, 0.717) is 12.2 Å². The molecule has 0 spiro atoms. The molecule has 2 N–H and O–H groups in total. The van der Waals surface area contributed by atoms with Gasteiger partial charge in [0, 0.05) is 18.8 Å². The first-order valence-electron chi connectivity index (χ1n) is 11.8. The smallest absolute Gasteiger partial charge is 0.284 e. The first-order valence-corrected chi connectivity index (χ1v) is 11.8. The highest BCUT2D eigenvalue weighted by Crippen LogP contribution is 2.27. The minimum absolute atomic E-state index is 0.129. The maximum absolute atomic E-state index is 15.5. The molecule has 7 nitrogen and oxygen atoms in total. The third-order valence-corrected chi connectivity index (χ3v) is 6.41. The summed E-state index contributed by atoms with van der Waals surface area (Å²) in [4.78, 5) is 24.3. The summed E-state index contributed by atoms with van der Waals surface area (Å²) in [5, 5.41) is 0. The van der Waals surface area contributed by atoms with Gasteiger partial charge in [0.15, 0.2) is 11.2 Å². The summed E-state index contributed by atoms with van der Waals surface area (Å²) >= 11 is 0. The van der Waals surface area contributed by atoms with Gasteiger partial charge in [0.05, 0.1) is 5.69 Å². The van der Waals surface area contributed by atoms with Crippen molar-refractivity contribution in [2.75, 3.05) is 13.6 Å². The predicted molar refractivity (Wildman–Crippen MR) is 140 cm³/mol. The van der Waals surface area contributed by atoms with Crippen LogP contribution in [0.25, 0.3) is 33.7 Å². The third kappa shape index (κ3) is 4.32. The summed E-state index contributed by atoms with van der Waals surface area (Å²) in [5.41, 5.74) is 10.5. The Bertz CT molecular complexity index is 1610.